The summed E-state index contributed by atoms with van der Waals surface area (Å²) in [5, 5.41) is 7.12. The van der Waals surface area contributed by atoms with E-state index in [9.17, 15) is 0 Å². The lowest BCUT2D eigenvalue weighted by molar-refractivity contribution is 0.994. The van der Waals surface area contributed by atoms with E-state index >= 15 is 0 Å². The van der Waals surface area contributed by atoms with Crippen LogP contribution in [0.3, 0.4) is 0 Å². The monoisotopic (exact) mass is 690 g/mol. The van der Waals surface area contributed by atoms with Crippen molar-refractivity contribution in [1.29, 1.82) is 0 Å². The Morgan fingerprint density at radius 1 is 0.389 bits per heavy atom. The van der Waals surface area contributed by atoms with E-state index in [1.165, 1.54) is 32.6 Å². The molecule has 6 heteroatoms. The zero-order chi connectivity index (χ0) is 35.6. The average molecular weight is 691 g/mol. The zero-order valence-electron chi connectivity index (χ0n) is 29.0. The van der Waals surface area contributed by atoms with Crippen LogP contribution in [-0.4, -0.2) is 29.1 Å². The zero-order valence-corrected chi connectivity index (χ0v) is 29.0. The normalized spacial score (nSPS) is 11.7. The number of nitrogens with zero attached hydrogens (tertiary/aromatic N) is 6. The highest BCUT2D eigenvalue weighted by Gasteiger charge is 2.25. The van der Waals surface area contributed by atoms with Gasteiger partial charge >= 0.3 is 0 Å². The van der Waals surface area contributed by atoms with Crippen LogP contribution in [0.5, 0.6) is 0 Å². The number of rotatable bonds is 5. The summed E-state index contributed by atoms with van der Waals surface area (Å²) >= 11 is 0. The highest BCUT2D eigenvalue weighted by molar-refractivity contribution is 6.36. The van der Waals surface area contributed by atoms with E-state index in [0.29, 0.717) is 5.95 Å². The molecule has 0 saturated carbocycles. The van der Waals surface area contributed by atoms with E-state index < -0.39 is 0 Å². The van der Waals surface area contributed by atoms with Gasteiger partial charge in [-0.15, -0.1) is 0 Å². The van der Waals surface area contributed by atoms with E-state index in [-0.39, 0.29) is 0 Å². The van der Waals surface area contributed by atoms with E-state index in [1.54, 1.807) is 6.20 Å². The first kappa shape index (κ1) is 30.2. The second-order valence-corrected chi connectivity index (χ2v) is 13.5. The fourth-order valence-electron chi connectivity index (χ4n) is 8.22. The van der Waals surface area contributed by atoms with Gasteiger partial charge in [-0.25, -0.2) is 9.97 Å². The lowest BCUT2D eigenvalue weighted by Gasteiger charge is -2.13. The molecule has 0 radical (unpaired) electrons. The molecule has 0 N–H and O–H groups in total. The first-order chi connectivity index (χ1) is 26.8. The maximum Gasteiger partial charge on any atom is 0.235 e. The number of aromatic nitrogens is 6. The average Bonchev–Trinajstić information content (AvgIpc) is 3.79. The first-order valence-electron chi connectivity index (χ1n) is 18.0. The Labute approximate surface area is 310 Å². The van der Waals surface area contributed by atoms with Crippen molar-refractivity contribution in [3.05, 3.63) is 183 Å². The van der Waals surface area contributed by atoms with Crippen molar-refractivity contribution in [3.63, 3.8) is 0 Å². The fraction of sp³-hybridized carbons (Fsp3) is 0. The molecule has 0 amide bonds. The Hall–Kier alpha value is -7.44. The molecule has 0 aliphatic heterocycles. The Bertz CT molecular complexity index is 3140. The standard InChI is InChI=1S/C48H30N6/c1-2-14-35(15-3-1)53-42-21-8-6-18-38(42)44-36-16-4-5-17-37(36)46-45(47(44)53)39-19-7-9-22-43(39)54(46)48-51-26-23-41(52-48)34-28-32(31-13-12-24-49-30-31)27-33(29-34)40-20-10-11-25-50-40/h1-30H. The molecule has 0 unspecified atom stereocenters. The van der Waals surface area contributed by atoms with Crippen LogP contribution in [-0.2, 0) is 0 Å². The third-order valence-corrected chi connectivity index (χ3v) is 10.5. The number of benzene rings is 6. The van der Waals surface area contributed by atoms with Gasteiger partial charge in [-0.2, -0.15) is 0 Å². The highest BCUT2D eigenvalue weighted by Crippen LogP contribution is 2.46. The maximum absolute atomic E-state index is 5.37. The van der Waals surface area contributed by atoms with E-state index in [4.69, 9.17) is 9.97 Å². The molecule has 0 aliphatic carbocycles. The molecule has 0 saturated heterocycles. The Kier molecular flexibility index (Phi) is 6.75. The van der Waals surface area contributed by atoms with Gasteiger partial charge in [0, 0.05) is 74.1 Å². The van der Waals surface area contributed by atoms with Crippen LogP contribution in [0.1, 0.15) is 0 Å². The van der Waals surface area contributed by atoms with Crippen LogP contribution in [0.2, 0.25) is 0 Å². The van der Waals surface area contributed by atoms with Crippen molar-refractivity contribution in [2.24, 2.45) is 0 Å². The summed E-state index contributed by atoms with van der Waals surface area (Å²) in [6, 6.07) is 55.4. The van der Waals surface area contributed by atoms with Crippen LogP contribution >= 0.6 is 0 Å². The number of hydrogen-bond donors (Lipinski definition) is 0. The molecule has 0 bridgehead atoms. The summed E-state index contributed by atoms with van der Waals surface area (Å²) in [6.45, 7) is 0. The second-order valence-electron chi connectivity index (χ2n) is 13.5. The quantitative estimate of drug-likeness (QED) is 0.180. The summed E-state index contributed by atoms with van der Waals surface area (Å²) in [4.78, 5) is 19.5. The molecule has 6 nitrogen and oxygen atoms in total. The van der Waals surface area contributed by atoms with Gasteiger partial charge in [0.15, 0.2) is 0 Å². The molecule has 11 rings (SSSR count). The SMILES string of the molecule is c1ccc(-n2c3ccccc3c3c4ccccc4c4c(c5ccccc5n4-c4nccc(-c5cc(-c6cccnc6)cc(-c6ccccn6)c5)n4)c32)cc1. The van der Waals surface area contributed by atoms with Crippen molar-refractivity contribution in [1.82, 2.24) is 29.1 Å². The molecule has 54 heavy (non-hydrogen) atoms. The minimum absolute atomic E-state index is 0.608. The van der Waals surface area contributed by atoms with Crippen molar-refractivity contribution in [2.75, 3.05) is 0 Å². The van der Waals surface area contributed by atoms with Crippen LogP contribution < -0.4 is 0 Å². The second kappa shape index (κ2) is 12.1. The molecule has 6 aromatic carbocycles. The fourth-order valence-corrected chi connectivity index (χ4v) is 8.22. The van der Waals surface area contributed by atoms with E-state index in [0.717, 1.165) is 61.1 Å². The number of para-hydroxylation sites is 3. The summed E-state index contributed by atoms with van der Waals surface area (Å²) in [5.41, 5.74) is 11.3. The van der Waals surface area contributed by atoms with Gasteiger partial charge in [-0.3, -0.25) is 14.5 Å². The maximum atomic E-state index is 5.37. The molecule has 0 aliphatic rings. The molecular formula is C48H30N6. The molecule has 0 fully saturated rings. The molecule has 5 aromatic heterocycles. The minimum Gasteiger partial charge on any atom is -0.309 e. The van der Waals surface area contributed by atoms with Crippen LogP contribution in [0, 0.1) is 0 Å². The largest absolute Gasteiger partial charge is 0.309 e. The van der Waals surface area contributed by atoms with Crippen LogP contribution in [0.25, 0.3) is 99.7 Å². The van der Waals surface area contributed by atoms with Gasteiger partial charge in [0.25, 0.3) is 0 Å². The number of pyridine rings is 2. The van der Waals surface area contributed by atoms with Crippen molar-refractivity contribution < 1.29 is 0 Å². The predicted molar refractivity (Wildman–Crippen MR) is 220 cm³/mol. The molecule has 0 spiro atoms. The molecule has 5 heterocycles. The van der Waals surface area contributed by atoms with Gasteiger partial charge in [-0.05, 0) is 77.7 Å². The van der Waals surface area contributed by atoms with Gasteiger partial charge in [0.1, 0.15) is 0 Å². The molecule has 11 aromatic rings. The summed E-state index contributed by atoms with van der Waals surface area (Å²) < 4.78 is 4.68. The van der Waals surface area contributed by atoms with Gasteiger partial charge in [0.2, 0.25) is 5.95 Å². The lowest BCUT2D eigenvalue weighted by Crippen LogP contribution is -2.02. The van der Waals surface area contributed by atoms with Gasteiger partial charge < -0.3 is 4.57 Å². The Morgan fingerprint density at radius 2 is 1.06 bits per heavy atom. The molecule has 252 valence electrons. The summed E-state index contributed by atoms with van der Waals surface area (Å²) in [6.07, 6.45) is 7.39. The first-order valence-corrected chi connectivity index (χ1v) is 18.0. The predicted octanol–water partition coefficient (Wildman–Crippen LogP) is 11.6. The van der Waals surface area contributed by atoms with E-state index in [1.807, 2.05) is 48.9 Å². The van der Waals surface area contributed by atoms with Crippen LogP contribution in [0.15, 0.2) is 183 Å². The molecular weight excluding hydrogens is 661 g/mol. The van der Waals surface area contributed by atoms with E-state index in [2.05, 4.69) is 146 Å². The van der Waals surface area contributed by atoms with Crippen molar-refractivity contribution in [2.45, 2.75) is 0 Å². The van der Waals surface area contributed by atoms with Crippen molar-refractivity contribution in [3.8, 4) is 45.3 Å². The minimum atomic E-state index is 0.608. The molecule has 0 atom stereocenters. The lowest BCUT2D eigenvalue weighted by atomic mass is 9.97. The van der Waals surface area contributed by atoms with Gasteiger partial charge in [0.05, 0.1) is 33.5 Å². The number of fused-ring (bicyclic) bond motifs is 10. The van der Waals surface area contributed by atoms with Crippen molar-refractivity contribution >= 4 is 54.4 Å². The third kappa shape index (κ3) is 4.60. The third-order valence-electron chi connectivity index (χ3n) is 10.5. The smallest absolute Gasteiger partial charge is 0.235 e. The Morgan fingerprint density at radius 3 is 1.81 bits per heavy atom. The topological polar surface area (TPSA) is 61.4 Å². The highest BCUT2D eigenvalue weighted by atomic mass is 15.2. The Balaban J connectivity index is 1.24. The number of hydrogen-bond acceptors (Lipinski definition) is 4. The van der Waals surface area contributed by atoms with Gasteiger partial charge in [-0.1, -0.05) is 91.0 Å². The summed E-state index contributed by atoms with van der Waals surface area (Å²) in [7, 11) is 0. The van der Waals surface area contributed by atoms with Crippen LogP contribution in [0.4, 0.5) is 0 Å². The summed E-state index contributed by atoms with van der Waals surface area (Å²) in [5.74, 6) is 0.608.